The highest BCUT2D eigenvalue weighted by Gasteiger charge is 2.86. The average Bonchev–Trinajstić information content (AvgIpc) is 3.29. The number of carbonyl (C=O) groups is 3. The first kappa shape index (κ1) is 23.9. The molecule has 2 aliphatic carbocycles. The first-order valence-corrected chi connectivity index (χ1v) is 11.2. The van der Waals surface area contributed by atoms with Crippen LogP contribution in [-0.4, -0.2) is 69.8 Å². The smallest absolute Gasteiger partial charge is 0.342 e. The number of aliphatic hydroxyl groups is 2. The highest BCUT2D eigenvalue weighted by atomic mass is 16.7. The Kier molecular flexibility index (Phi) is 5.54. The maximum atomic E-state index is 12.7. The summed E-state index contributed by atoms with van der Waals surface area (Å²) in [6.45, 7) is 9.43. The summed E-state index contributed by atoms with van der Waals surface area (Å²) >= 11 is 0. The van der Waals surface area contributed by atoms with E-state index >= 15 is 0 Å². The third-order valence-corrected chi connectivity index (χ3v) is 7.96. The summed E-state index contributed by atoms with van der Waals surface area (Å²) in [7, 11) is 0. The van der Waals surface area contributed by atoms with Crippen molar-refractivity contribution in [3.63, 3.8) is 0 Å². The second-order valence-electron chi connectivity index (χ2n) is 10.1. The molecule has 2 aliphatic heterocycles. The first-order chi connectivity index (χ1) is 15.3. The van der Waals surface area contributed by atoms with Crippen molar-refractivity contribution in [1.29, 1.82) is 0 Å². The van der Waals surface area contributed by atoms with Crippen molar-refractivity contribution < 1.29 is 43.5 Å². The Morgan fingerprint density at radius 2 is 1.73 bits per heavy atom. The molecule has 2 saturated heterocycles. The standard InChI is InChI=1S/C24H32O9/c1-11-9-15(30-13(3)25)19(27)22(5)16(31-14(4)26)8-7-12(2)18(22)20(28)24-17(10-11)32-21(29)23(24,6)33-24/h7,10,15-20,27-28H,8-9H2,1-6H3/b11-10-/t15-,16+,17+,18-,19+,20+,22+,23+,24+/m1/s1. The summed E-state index contributed by atoms with van der Waals surface area (Å²) < 4.78 is 22.7. The molecular formula is C24H32O9. The summed E-state index contributed by atoms with van der Waals surface area (Å²) in [6, 6.07) is 0. The fourth-order valence-corrected chi connectivity index (χ4v) is 6.25. The monoisotopic (exact) mass is 464 g/mol. The van der Waals surface area contributed by atoms with Crippen molar-refractivity contribution in [2.45, 2.75) is 96.1 Å². The molecule has 4 rings (SSSR count). The van der Waals surface area contributed by atoms with Gasteiger partial charge in [-0.1, -0.05) is 24.1 Å². The molecule has 9 atom stereocenters. The summed E-state index contributed by atoms with van der Waals surface area (Å²) in [5.41, 5.74) is -2.50. The molecule has 2 fully saturated rings. The van der Waals surface area contributed by atoms with Crippen molar-refractivity contribution in [2.75, 3.05) is 0 Å². The zero-order valence-corrected chi connectivity index (χ0v) is 19.8. The quantitative estimate of drug-likeness (QED) is 0.269. The van der Waals surface area contributed by atoms with Crippen molar-refractivity contribution in [1.82, 2.24) is 0 Å². The molecular weight excluding hydrogens is 432 g/mol. The lowest BCUT2D eigenvalue weighted by Gasteiger charge is -2.52. The van der Waals surface area contributed by atoms with Crippen molar-refractivity contribution in [2.24, 2.45) is 11.3 Å². The van der Waals surface area contributed by atoms with E-state index in [1.807, 2.05) is 13.0 Å². The Bertz CT molecular complexity index is 954. The molecule has 0 radical (unpaired) electrons. The van der Waals surface area contributed by atoms with Crippen LogP contribution in [0.3, 0.4) is 0 Å². The molecule has 0 aromatic carbocycles. The zero-order valence-electron chi connectivity index (χ0n) is 19.8. The van der Waals surface area contributed by atoms with E-state index in [0.29, 0.717) is 12.0 Å². The van der Waals surface area contributed by atoms with Gasteiger partial charge in [0.1, 0.15) is 18.3 Å². The van der Waals surface area contributed by atoms with E-state index < -0.39 is 71.0 Å². The Morgan fingerprint density at radius 1 is 1.09 bits per heavy atom. The van der Waals surface area contributed by atoms with Crippen LogP contribution in [0.25, 0.3) is 0 Å². The van der Waals surface area contributed by atoms with Crippen LogP contribution in [0.15, 0.2) is 23.3 Å². The van der Waals surface area contributed by atoms with E-state index in [1.54, 1.807) is 26.8 Å². The predicted molar refractivity (Wildman–Crippen MR) is 114 cm³/mol. The molecule has 33 heavy (non-hydrogen) atoms. The van der Waals surface area contributed by atoms with Gasteiger partial charge >= 0.3 is 17.9 Å². The fourth-order valence-electron chi connectivity index (χ4n) is 6.25. The lowest BCUT2D eigenvalue weighted by molar-refractivity contribution is -0.197. The van der Waals surface area contributed by atoms with Crippen LogP contribution in [0.5, 0.6) is 0 Å². The summed E-state index contributed by atoms with van der Waals surface area (Å²) in [6.07, 6.45) is -1.20. The summed E-state index contributed by atoms with van der Waals surface area (Å²) in [4.78, 5) is 36.5. The van der Waals surface area contributed by atoms with Gasteiger partial charge < -0.3 is 29.2 Å². The largest absolute Gasteiger partial charge is 0.462 e. The third-order valence-electron chi connectivity index (χ3n) is 7.96. The number of epoxide rings is 1. The second-order valence-corrected chi connectivity index (χ2v) is 10.1. The van der Waals surface area contributed by atoms with Crippen LogP contribution < -0.4 is 0 Å². The van der Waals surface area contributed by atoms with Gasteiger partial charge in [0.2, 0.25) is 0 Å². The number of fused-ring (bicyclic) bond motifs is 1. The highest BCUT2D eigenvalue weighted by molar-refractivity contribution is 5.89. The molecule has 2 heterocycles. The van der Waals surface area contributed by atoms with Gasteiger partial charge in [0.25, 0.3) is 0 Å². The van der Waals surface area contributed by atoms with Crippen LogP contribution in [0.2, 0.25) is 0 Å². The Balaban J connectivity index is 1.92. The van der Waals surface area contributed by atoms with Gasteiger partial charge in [0.05, 0.1) is 6.10 Å². The molecule has 9 nitrogen and oxygen atoms in total. The van der Waals surface area contributed by atoms with Crippen molar-refractivity contribution in [3.8, 4) is 0 Å². The minimum atomic E-state index is -1.35. The van der Waals surface area contributed by atoms with Gasteiger partial charge in [-0.3, -0.25) is 9.59 Å². The first-order valence-electron chi connectivity index (χ1n) is 11.2. The summed E-state index contributed by atoms with van der Waals surface area (Å²) in [5, 5.41) is 23.6. The molecule has 0 aromatic rings. The molecule has 1 spiro atoms. The molecule has 2 N–H and O–H groups in total. The maximum Gasteiger partial charge on any atom is 0.342 e. The lowest BCUT2D eigenvalue weighted by Crippen LogP contribution is -2.62. The molecule has 0 amide bonds. The fraction of sp³-hybridized carbons (Fsp3) is 0.708. The Labute approximate surface area is 192 Å². The van der Waals surface area contributed by atoms with Crippen LogP contribution >= 0.6 is 0 Å². The number of carbonyl (C=O) groups excluding carboxylic acids is 3. The zero-order chi connectivity index (χ0) is 24.5. The van der Waals surface area contributed by atoms with Crippen LogP contribution in [0.1, 0.15) is 54.4 Å². The number of ether oxygens (including phenoxy) is 4. The average molecular weight is 465 g/mol. The van der Waals surface area contributed by atoms with Crippen molar-refractivity contribution in [3.05, 3.63) is 23.3 Å². The van der Waals surface area contributed by atoms with Crippen LogP contribution in [-0.2, 0) is 33.3 Å². The number of hydrogen-bond acceptors (Lipinski definition) is 9. The summed E-state index contributed by atoms with van der Waals surface area (Å²) in [5.74, 6) is -2.45. The topological polar surface area (TPSA) is 132 Å². The van der Waals surface area contributed by atoms with E-state index in [2.05, 4.69) is 0 Å². The van der Waals surface area contributed by atoms with Gasteiger partial charge in [-0.15, -0.1) is 0 Å². The Morgan fingerprint density at radius 3 is 2.30 bits per heavy atom. The number of rotatable bonds is 2. The Hall–Kier alpha value is -2.23. The predicted octanol–water partition coefficient (Wildman–Crippen LogP) is 1.35. The lowest BCUT2D eigenvalue weighted by atomic mass is 9.56. The van der Waals surface area contributed by atoms with Gasteiger partial charge in [0, 0.05) is 38.0 Å². The van der Waals surface area contributed by atoms with Crippen LogP contribution in [0.4, 0.5) is 0 Å². The number of esters is 3. The number of hydrogen-bond donors (Lipinski definition) is 2. The third kappa shape index (κ3) is 3.27. The molecule has 0 saturated carbocycles. The van der Waals surface area contributed by atoms with Crippen LogP contribution in [0, 0.1) is 11.3 Å². The minimum Gasteiger partial charge on any atom is -0.462 e. The minimum absolute atomic E-state index is 0.162. The molecule has 182 valence electrons. The normalized spacial score (nSPS) is 48.1. The van der Waals surface area contributed by atoms with Gasteiger partial charge in [-0.05, 0) is 26.8 Å². The number of aliphatic hydroxyl groups excluding tert-OH is 2. The molecule has 0 bridgehead atoms. The van der Waals surface area contributed by atoms with E-state index in [1.165, 1.54) is 13.8 Å². The van der Waals surface area contributed by atoms with Gasteiger partial charge in [-0.2, -0.15) is 0 Å². The maximum absolute atomic E-state index is 12.7. The molecule has 0 unspecified atom stereocenters. The van der Waals surface area contributed by atoms with Crippen molar-refractivity contribution >= 4 is 17.9 Å². The van der Waals surface area contributed by atoms with Gasteiger partial charge in [0.15, 0.2) is 17.3 Å². The van der Waals surface area contributed by atoms with E-state index in [4.69, 9.17) is 18.9 Å². The molecule has 9 heteroatoms. The second kappa shape index (κ2) is 7.65. The van der Waals surface area contributed by atoms with Gasteiger partial charge in [-0.25, -0.2) is 4.79 Å². The van der Waals surface area contributed by atoms with E-state index in [9.17, 15) is 24.6 Å². The SMILES string of the molecule is CC(=O)O[C@H]1CC=C(C)[C@@H]2[C@H](O)[C@]34O[C@@]3(C)C(=O)O[C@H]4/C=C(/C)C[C@@H](OC(C)=O)[C@H](O)[C@@]12C. The molecule has 0 aromatic heterocycles. The molecule has 4 aliphatic rings. The van der Waals surface area contributed by atoms with E-state index in [-0.39, 0.29) is 6.42 Å². The highest BCUT2D eigenvalue weighted by Crippen LogP contribution is 2.64. The van der Waals surface area contributed by atoms with E-state index in [0.717, 1.165) is 5.57 Å².